The lowest BCUT2D eigenvalue weighted by Gasteiger charge is -2.05. The van der Waals surface area contributed by atoms with Gasteiger partial charge in [0, 0.05) is 15.7 Å². The lowest BCUT2D eigenvalue weighted by Crippen LogP contribution is -2.05. The van der Waals surface area contributed by atoms with E-state index in [1.54, 1.807) is 0 Å². The number of aromatic carboxylic acids is 1. The van der Waals surface area contributed by atoms with Crippen molar-refractivity contribution in [1.82, 2.24) is 0 Å². The van der Waals surface area contributed by atoms with E-state index >= 15 is 0 Å². The van der Waals surface area contributed by atoms with Crippen molar-refractivity contribution in [2.75, 3.05) is 0 Å². The molecule has 0 aliphatic heterocycles. The van der Waals surface area contributed by atoms with E-state index in [9.17, 15) is 13.2 Å². The minimum absolute atomic E-state index is 0.0152. The Morgan fingerprint density at radius 3 is 2.20 bits per heavy atom. The number of carboxylic acid groups (broad SMARTS) is 1. The van der Waals surface area contributed by atoms with Gasteiger partial charge in [-0.2, -0.15) is 0 Å². The molecular formula is C7H3Cl3O4S. The van der Waals surface area contributed by atoms with Crippen LogP contribution in [0.1, 0.15) is 10.4 Å². The zero-order valence-electron chi connectivity index (χ0n) is 6.87. The summed E-state index contributed by atoms with van der Waals surface area (Å²) in [5.74, 6) is -1.47. The maximum atomic E-state index is 11.1. The summed E-state index contributed by atoms with van der Waals surface area (Å²) in [5, 5.41) is 8.43. The van der Waals surface area contributed by atoms with Gasteiger partial charge in [0.15, 0.2) is 0 Å². The summed E-state index contributed by atoms with van der Waals surface area (Å²) in [6, 6.07) is 2.07. The van der Waals surface area contributed by atoms with Crippen LogP contribution in [-0.4, -0.2) is 19.5 Å². The highest BCUT2D eigenvalue weighted by Crippen LogP contribution is 2.31. The first-order valence-electron chi connectivity index (χ1n) is 3.40. The van der Waals surface area contributed by atoms with Crippen LogP contribution < -0.4 is 0 Å². The summed E-state index contributed by atoms with van der Waals surface area (Å²) in [6.07, 6.45) is 0. The van der Waals surface area contributed by atoms with E-state index in [-0.39, 0.29) is 10.0 Å². The molecule has 0 unspecified atom stereocenters. The molecule has 4 nitrogen and oxygen atoms in total. The first-order chi connectivity index (χ1) is 6.73. The van der Waals surface area contributed by atoms with Crippen molar-refractivity contribution < 1.29 is 18.3 Å². The Morgan fingerprint density at radius 1 is 1.27 bits per heavy atom. The Balaban J connectivity index is 3.70. The van der Waals surface area contributed by atoms with Crippen molar-refractivity contribution >= 4 is 48.9 Å². The molecule has 0 saturated heterocycles. The fourth-order valence-corrected chi connectivity index (χ4v) is 3.08. The summed E-state index contributed by atoms with van der Waals surface area (Å²) in [6.45, 7) is 0. The molecule has 8 heteroatoms. The second kappa shape index (κ2) is 4.17. The SMILES string of the molecule is O=C(O)c1cc(Cl)cc(Cl)c1S(=O)(=O)Cl. The zero-order chi connectivity index (χ0) is 11.8. The zero-order valence-corrected chi connectivity index (χ0v) is 9.95. The van der Waals surface area contributed by atoms with Gasteiger partial charge in [-0.1, -0.05) is 23.2 Å². The second-order valence-electron chi connectivity index (χ2n) is 2.51. The summed E-state index contributed by atoms with van der Waals surface area (Å²) < 4.78 is 22.1. The average Bonchev–Trinajstić information content (AvgIpc) is 1.99. The number of halogens is 3. The molecule has 0 aliphatic carbocycles. The van der Waals surface area contributed by atoms with Gasteiger partial charge >= 0.3 is 5.97 Å². The molecule has 0 heterocycles. The monoisotopic (exact) mass is 288 g/mol. The van der Waals surface area contributed by atoms with Gasteiger partial charge in [-0.15, -0.1) is 0 Å². The van der Waals surface area contributed by atoms with Gasteiger partial charge in [-0.25, -0.2) is 13.2 Å². The van der Waals surface area contributed by atoms with Crippen LogP contribution in [0.2, 0.25) is 10.0 Å². The van der Waals surface area contributed by atoms with Gasteiger partial charge in [0.05, 0.1) is 10.6 Å². The van der Waals surface area contributed by atoms with Crippen LogP contribution in [0.15, 0.2) is 17.0 Å². The summed E-state index contributed by atoms with van der Waals surface area (Å²) in [7, 11) is 0.822. The van der Waals surface area contributed by atoms with E-state index in [0.29, 0.717) is 0 Å². The first kappa shape index (κ1) is 12.6. The molecule has 82 valence electrons. The fraction of sp³-hybridized carbons (Fsp3) is 0. The third-order valence-electron chi connectivity index (χ3n) is 1.48. The molecule has 1 N–H and O–H groups in total. The molecule has 0 spiro atoms. The van der Waals surface area contributed by atoms with Crippen LogP contribution in [0.3, 0.4) is 0 Å². The lowest BCUT2D eigenvalue weighted by molar-refractivity contribution is 0.0692. The molecule has 1 rings (SSSR count). The molecule has 1 aromatic rings. The fourth-order valence-electron chi connectivity index (χ4n) is 0.967. The van der Waals surface area contributed by atoms with Crippen LogP contribution in [0.4, 0.5) is 0 Å². The van der Waals surface area contributed by atoms with Crippen molar-refractivity contribution in [2.24, 2.45) is 0 Å². The normalized spacial score (nSPS) is 11.4. The average molecular weight is 290 g/mol. The molecule has 0 amide bonds. The summed E-state index contributed by atoms with van der Waals surface area (Å²) >= 11 is 11.1. The number of carbonyl (C=O) groups is 1. The Labute approximate surface area is 99.8 Å². The maximum absolute atomic E-state index is 11.1. The van der Waals surface area contributed by atoms with E-state index in [1.165, 1.54) is 0 Å². The third-order valence-corrected chi connectivity index (χ3v) is 3.50. The number of benzene rings is 1. The van der Waals surface area contributed by atoms with E-state index in [1.807, 2.05) is 0 Å². The molecule has 0 radical (unpaired) electrons. The minimum Gasteiger partial charge on any atom is -0.478 e. The van der Waals surface area contributed by atoms with Crippen molar-refractivity contribution in [1.29, 1.82) is 0 Å². The lowest BCUT2D eigenvalue weighted by atomic mass is 10.2. The van der Waals surface area contributed by atoms with Crippen molar-refractivity contribution in [3.63, 3.8) is 0 Å². The van der Waals surface area contributed by atoms with Crippen molar-refractivity contribution in [3.8, 4) is 0 Å². The summed E-state index contributed by atoms with van der Waals surface area (Å²) in [4.78, 5) is 10.1. The molecule has 0 atom stereocenters. The van der Waals surface area contributed by atoms with Crippen LogP contribution in [0, 0.1) is 0 Å². The molecule has 15 heavy (non-hydrogen) atoms. The summed E-state index contributed by atoms with van der Waals surface area (Å²) in [5.41, 5.74) is -0.553. The molecule has 1 aromatic carbocycles. The van der Waals surface area contributed by atoms with Crippen LogP contribution in [0.25, 0.3) is 0 Å². The Hall–Kier alpha value is -0.490. The smallest absolute Gasteiger partial charge is 0.337 e. The highest BCUT2D eigenvalue weighted by Gasteiger charge is 2.24. The van der Waals surface area contributed by atoms with Gasteiger partial charge < -0.3 is 5.11 Å². The van der Waals surface area contributed by atoms with E-state index in [0.717, 1.165) is 12.1 Å². The number of hydrogen-bond acceptors (Lipinski definition) is 3. The van der Waals surface area contributed by atoms with E-state index < -0.39 is 25.5 Å². The van der Waals surface area contributed by atoms with Crippen LogP contribution in [0.5, 0.6) is 0 Å². The molecule has 0 fully saturated rings. The van der Waals surface area contributed by atoms with Gasteiger partial charge in [0.25, 0.3) is 9.05 Å². The maximum Gasteiger partial charge on any atom is 0.337 e. The molecule has 0 saturated carbocycles. The highest BCUT2D eigenvalue weighted by atomic mass is 35.7. The Bertz CT molecular complexity index is 523. The van der Waals surface area contributed by atoms with Crippen LogP contribution in [-0.2, 0) is 9.05 Å². The standard InChI is InChI=1S/C7H3Cl3O4S/c8-3-1-4(7(11)12)6(5(9)2-3)15(10,13)14/h1-2H,(H,11,12). The quantitative estimate of drug-likeness (QED) is 0.850. The largest absolute Gasteiger partial charge is 0.478 e. The highest BCUT2D eigenvalue weighted by molar-refractivity contribution is 8.13. The van der Waals surface area contributed by atoms with Gasteiger partial charge in [0.2, 0.25) is 0 Å². The topological polar surface area (TPSA) is 71.4 Å². The van der Waals surface area contributed by atoms with Gasteiger partial charge in [0.1, 0.15) is 4.90 Å². The molecule has 0 bridgehead atoms. The Kier molecular flexibility index (Phi) is 3.50. The number of rotatable bonds is 2. The van der Waals surface area contributed by atoms with Crippen molar-refractivity contribution in [2.45, 2.75) is 4.90 Å². The minimum atomic E-state index is -4.23. The molecule has 0 aliphatic rings. The molecular weight excluding hydrogens is 286 g/mol. The van der Waals surface area contributed by atoms with Crippen molar-refractivity contribution in [3.05, 3.63) is 27.7 Å². The van der Waals surface area contributed by atoms with Gasteiger partial charge in [-0.05, 0) is 12.1 Å². The van der Waals surface area contributed by atoms with Crippen LogP contribution >= 0.6 is 33.9 Å². The first-order valence-corrected chi connectivity index (χ1v) is 6.47. The number of carboxylic acids is 1. The molecule has 0 aromatic heterocycles. The second-order valence-corrected chi connectivity index (χ2v) is 5.85. The predicted octanol–water partition coefficient (Wildman–Crippen LogP) is 2.62. The van der Waals surface area contributed by atoms with E-state index in [4.69, 9.17) is 39.0 Å². The third kappa shape index (κ3) is 2.75. The predicted molar refractivity (Wildman–Crippen MR) is 56.5 cm³/mol. The van der Waals surface area contributed by atoms with Gasteiger partial charge in [-0.3, -0.25) is 0 Å². The Morgan fingerprint density at radius 2 is 1.80 bits per heavy atom. The number of hydrogen-bond donors (Lipinski definition) is 1. The van der Waals surface area contributed by atoms with E-state index in [2.05, 4.69) is 0 Å².